The highest BCUT2D eigenvalue weighted by Crippen LogP contribution is 2.42. The molecule has 2 aliphatic rings. The Morgan fingerprint density at radius 3 is 2.50 bits per heavy atom. The summed E-state index contributed by atoms with van der Waals surface area (Å²) in [6.07, 6.45) is -1.12. The third kappa shape index (κ3) is 6.62. The van der Waals surface area contributed by atoms with E-state index >= 15 is 0 Å². The van der Waals surface area contributed by atoms with E-state index in [9.17, 15) is 18.8 Å². The lowest BCUT2D eigenvalue weighted by Crippen LogP contribution is -2.59. The minimum absolute atomic E-state index is 0.140. The maximum atomic E-state index is 14.9. The highest BCUT2D eigenvalue weighted by atomic mass is 35.5. The number of carbonyl (C=O) groups excluding carboxylic acids is 3. The summed E-state index contributed by atoms with van der Waals surface area (Å²) in [5, 5.41) is 3.06. The van der Waals surface area contributed by atoms with Gasteiger partial charge in [0.2, 0.25) is 0 Å². The van der Waals surface area contributed by atoms with Gasteiger partial charge in [0, 0.05) is 41.3 Å². The zero-order valence-electron chi connectivity index (χ0n) is 25.8. The summed E-state index contributed by atoms with van der Waals surface area (Å²) < 4.78 is 32.1. The predicted octanol–water partition coefficient (Wildman–Crippen LogP) is 7.00. The van der Waals surface area contributed by atoms with Crippen LogP contribution in [0.3, 0.4) is 0 Å². The second-order valence-corrected chi connectivity index (χ2v) is 14.3. The van der Waals surface area contributed by atoms with Crippen LogP contribution < -0.4 is 5.32 Å². The topological polar surface area (TPSA) is 110 Å². The van der Waals surface area contributed by atoms with E-state index in [1.54, 1.807) is 42.7 Å². The summed E-state index contributed by atoms with van der Waals surface area (Å²) in [6.45, 7) is 13.8. The number of aromatic nitrogens is 1. The number of nitrogens with zero attached hydrogens (tertiary/aromatic N) is 3. The van der Waals surface area contributed by atoms with E-state index in [0.717, 1.165) is 11.3 Å². The van der Waals surface area contributed by atoms with Gasteiger partial charge in [-0.1, -0.05) is 22.9 Å². The molecule has 5 rings (SSSR count). The number of amides is 3. The lowest BCUT2D eigenvalue weighted by atomic mass is 9.91. The minimum atomic E-state index is -0.715. The van der Waals surface area contributed by atoms with Crippen molar-refractivity contribution in [3.05, 3.63) is 45.7 Å². The number of piperazine rings is 1. The summed E-state index contributed by atoms with van der Waals surface area (Å²) in [5.41, 5.74) is 1.91. The average Bonchev–Trinajstić information content (AvgIpc) is 3.32. The van der Waals surface area contributed by atoms with Crippen LogP contribution in [0.15, 0.2) is 18.2 Å². The van der Waals surface area contributed by atoms with Crippen LogP contribution in [0, 0.1) is 12.7 Å². The molecule has 10 nitrogen and oxygen atoms in total. The van der Waals surface area contributed by atoms with E-state index in [4.69, 9.17) is 25.8 Å². The molecule has 1 aromatic heterocycles. The van der Waals surface area contributed by atoms with E-state index in [1.165, 1.54) is 6.07 Å². The second-order valence-electron chi connectivity index (χ2n) is 12.9. The quantitative estimate of drug-likeness (QED) is 0.319. The molecular formula is C31H36ClFN4O6S. The summed E-state index contributed by atoms with van der Waals surface area (Å²) in [6, 6.07) is 4.19. The van der Waals surface area contributed by atoms with Crippen LogP contribution in [0.4, 0.5) is 19.1 Å². The van der Waals surface area contributed by atoms with Crippen molar-refractivity contribution in [1.29, 1.82) is 0 Å². The van der Waals surface area contributed by atoms with Crippen molar-refractivity contribution in [1.82, 2.24) is 14.8 Å². The van der Waals surface area contributed by atoms with Gasteiger partial charge >= 0.3 is 12.2 Å². The Morgan fingerprint density at radius 1 is 1.11 bits per heavy atom. The van der Waals surface area contributed by atoms with Crippen molar-refractivity contribution in [3.63, 3.8) is 0 Å². The highest BCUT2D eigenvalue weighted by molar-refractivity contribution is 7.22. The zero-order chi connectivity index (χ0) is 32.1. The van der Waals surface area contributed by atoms with Crippen LogP contribution in [0.1, 0.15) is 63.0 Å². The molecule has 1 saturated heterocycles. The van der Waals surface area contributed by atoms with Gasteiger partial charge in [-0.05, 0) is 77.8 Å². The standard InChI is InChI=1S/C31H36ClFN4O6S/c1-16-20-15-41-14-17-13-36(29(40)43-31(5,6)7)10-11-37(17)26(38)19(20)12-21(32)23(16)18-8-9-22(33)25-24(18)34-27(44-25)35-28(39)42-30(2,3)4/h8-9,12,17H,10-11,13-15H2,1-7H3,(H,34,35,39)/t17-/m1/s1. The Bertz CT molecular complexity index is 1650. The number of carbonyl (C=O) groups is 3. The fourth-order valence-corrected chi connectivity index (χ4v) is 6.59. The molecule has 1 atom stereocenters. The monoisotopic (exact) mass is 646 g/mol. The Kier molecular flexibility index (Phi) is 8.56. The highest BCUT2D eigenvalue weighted by Gasteiger charge is 2.37. The number of fused-ring (bicyclic) bond motifs is 3. The van der Waals surface area contributed by atoms with Gasteiger partial charge < -0.3 is 24.0 Å². The first-order chi connectivity index (χ1) is 20.5. The van der Waals surface area contributed by atoms with Crippen molar-refractivity contribution in [2.75, 3.05) is 31.6 Å². The molecule has 1 fully saturated rings. The van der Waals surface area contributed by atoms with Gasteiger partial charge in [0.05, 0.1) is 29.5 Å². The number of ether oxygens (including phenoxy) is 3. The number of hydrogen-bond donors (Lipinski definition) is 1. The van der Waals surface area contributed by atoms with E-state index in [1.807, 2.05) is 27.7 Å². The predicted molar refractivity (Wildman–Crippen MR) is 167 cm³/mol. The molecule has 236 valence electrons. The van der Waals surface area contributed by atoms with Gasteiger partial charge in [0.25, 0.3) is 5.91 Å². The van der Waals surface area contributed by atoms with E-state index in [0.29, 0.717) is 51.4 Å². The number of rotatable bonds is 2. The first-order valence-electron chi connectivity index (χ1n) is 14.3. The van der Waals surface area contributed by atoms with Gasteiger partial charge in [0.15, 0.2) is 5.13 Å². The van der Waals surface area contributed by atoms with Crippen LogP contribution in [0.2, 0.25) is 5.02 Å². The molecule has 0 aliphatic carbocycles. The molecule has 3 amide bonds. The smallest absolute Gasteiger partial charge is 0.413 e. The molecule has 0 spiro atoms. The molecule has 3 aromatic rings. The van der Waals surface area contributed by atoms with Crippen molar-refractivity contribution < 1.29 is 33.0 Å². The second kappa shape index (κ2) is 11.8. The van der Waals surface area contributed by atoms with Crippen LogP contribution >= 0.6 is 22.9 Å². The van der Waals surface area contributed by atoms with Crippen molar-refractivity contribution in [2.24, 2.45) is 0 Å². The van der Waals surface area contributed by atoms with Crippen LogP contribution in [-0.2, 0) is 20.8 Å². The van der Waals surface area contributed by atoms with Gasteiger partial charge in [-0.15, -0.1) is 0 Å². The lowest BCUT2D eigenvalue weighted by Gasteiger charge is -2.42. The summed E-state index contributed by atoms with van der Waals surface area (Å²) >= 11 is 7.86. The fraction of sp³-hybridized carbons (Fsp3) is 0.484. The third-order valence-electron chi connectivity index (χ3n) is 7.22. The molecule has 44 heavy (non-hydrogen) atoms. The fourth-order valence-electron chi connectivity index (χ4n) is 5.36. The molecule has 0 saturated carbocycles. The summed E-state index contributed by atoms with van der Waals surface area (Å²) in [7, 11) is 0. The maximum Gasteiger partial charge on any atom is 0.413 e. The molecule has 13 heteroatoms. The molecule has 0 bridgehead atoms. The lowest BCUT2D eigenvalue weighted by molar-refractivity contribution is -0.0159. The van der Waals surface area contributed by atoms with E-state index in [-0.39, 0.29) is 41.5 Å². The molecule has 0 unspecified atom stereocenters. The maximum absolute atomic E-state index is 14.9. The number of benzene rings is 2. The average molecular weight is 647 g/mol. The van der Waals surface area contributed by atoms with Crippen molar-refractivity contribution in [3.8, 4) is 11.1 Å². The van der Waals surface area contributed by atoms with Gasteiger partial charge in [0.1, 0.15) is 17.0 Å². The number of thiazole rings is 1. The van der Waals surface area contributed by atoms with Crippen molar-refractivity contribution in [2.45, 2.75) is 72.3 Å². The van der Waals surface area contributed by atoms with Gasteiger partial charge in [-0.2, -0.15) is 0 Å². The summed E-state index contributed by atoms with van der Waals surface area (Å²) in [4.78, 5) is 46.8. The van der Waals surface area contributed by atoms with Gasteiger partial charge in [-0.25, -0.2) is 19.0 Å². The van der Waals surface area contributed by atoms with Crippen LogP contribution in [0.25, 0.3) is 21.3 Å². The zero-order valence-corrected chi connectivity index (χ0v) is 27.4. The first-order valence-corrected chi connectivity index (χ1v) is 15.5. The summed E-state index contributed by atoms with van der Waals surface area (Å²) in [5.74, 6) is -0.691. The van der Waals surface area contributed by atoms with E-state index in [2.05, 4.69) is 10.3 Å². The number of halogens is 2. The minimum Gasteiger partial charge on any atom is -0.444 e. The largest absolute Gasteiger partial charge is 0.444 e. The molecule has 3 heterocycles. The Morgan fingerprint density at radius 2 is 1.82 bits per heavy atom. The third-order valence-corrected chi connectivity index (χ3v) is 8.50. The molecule has 2 aromatic carbocycles. The van der Waals surface area contributed by atoms with Crippen LogP contribution in [-0.4, -0.2) is 76.4 Å². The van der Waals surface area contributed by atoms with Crippen LogP contribution in [0.5, 0.6) is 0 Å². The molecule has 1 N–H and O–H groups in total. The SMILES string of the molecule is Cc1c2c(cc(Cl)c1-c1ccc(F)c3sc(NC(=O)OC(C)(C)C)nc13)C(=O)N1CCN(C(=O)OC(C)(C)C)C[C@@H]1COC2. The van der Waals surface area contributed by atoms with Gasteiger partial charge in [-0.3, -0.25) is 10.1 Å². The molecule has 0 radical (unpaired) electrons. The Balaban J connectivity index is 1.47. The molecular weight excluding hydrogens is 611 g/mol. The number of hydrogen-bond acceptors (Lipinski definition) is 8. The first kappa shape index (κ1) is 31.9. The molecule has 2 aliphatic heterocycles. The Hall–Kier alpha value is -3.48. The number of nitrogens with one attached hydrogen (secondary N) is 1. The van der Waals surface area contributed by atoms with Crippen molar-refractivity contribution >= 4 is 56.4 Å². The normalized spacial score (nSPS) is 17.5. The Labute approximate surface area is 264 Å². The van der Waals surface area contributed by atoms with E-state index < -0.39 is 29.2 Å². The number of anilines is 1.